The summed E-state index contributed by atoms with van der Waals surface area (Å²) >= 11 is 0. The lowest BCUT2D eigenvalue weighted by Crippen LogP contribution is -2.20. The number of rotatable bonds is 2. The number of phenols is 1. The maximum absolute atomic E-state index is 13.1. The summed E-state index contributed by atoms with van der Waals surface area (Å²) in [4.78, 5) is 12.2. The summed E-state index contributed by atoms with van der Waals surface area (Å²) in [6.45, 7) is 0. The monoisotopic (exact) mass is 298 g/mol. The number of fused-ring (bicyclic) bond motifs is 1. The Hall–Kier alpha value is -3.15. The Morgan fingerprint density at radius 1 is 1.18 bits per heavy atom. The van der Waals surface area contributed by atoms with Crippen molar-refractivity contribution in [3.05, 3.63) is 65.5 Å². The molecule has 6 heteroatoms. The summed E-state index contributed by atoms with van der Waals surface area (Å²) in [5.41, 5.74) is 0.0143. The fraction of sp³-hybridized carbons (Fsp3) is 0. The van der Waals surface area contributed by atoms with Crippen LogP contribution in [0.15, 0.2) is 52.9 Å². The van der Waals surface area contributed by atoms with E-state index in [1.807, 2.05) is 0 Å². The van der Waals surface area contributed by atoms with E-state index in [-0.39, 0.29) is 28.1 Å². The summed E-state index contributed by atoms with van der Waals surface area (Å²) in [5.74, 6) is -1.18. The van der Waals surface area contributed by atoms with Gasteiger partial charge < -0.3 is 14.8 Å². The Kier molecular flexibility index (Phi) is 3.34. The molecule has 3 aromatic rings. The Bertz CT molecular complexity index is 934. The van der Waals surface area contributed by atoms with Crippen LogP contribution in [-0.4, -0.2) is 11.0 Å². The van der Waals surface area contributed by atoms with Crippen LogP contribution in [0, 0.1) is 11.2 Å². The molecule has 0 aliphatic heterocycles. The molecule has 2 aromatic carbocycles. The summed E-state index contributed by atoms with van der Waals surface area (Å²) in [5, 5.41) is 20.4. The first-order valence-electron chi connectivity index (χ1n) is 6.42. The fourth-order valence-electron chi connectivity index (χ4n) is 2.08. The number of amides is 1. The van der Waals surface area contributed by atoms with Crippen molar-refractivity contribution < 1.29 is 18.7 Å². The maximum atomic E-state index is 13.1. The van der Waals surface area contributed by atoms with Crippen molar-refractivity contribution in [2.45, 2.75) is 0 Å². The molecule has 0 saturated carbocycles. The van der Waals surface area contributed by atoms with E-state index in [9.17, 15) is 14.3 Å². The average Bonchev–Trinajstić information content (AvgIpc) is 2.47. The van der Waals surface area contributed by atoms with Gasteiger partial charge in [-0.05, 0) is 30.3 Å². The molecule has 0 aliphatic rings. The van der Waals surface area contributed by atoms with E-state index in [4.69, 9.17) is 9.83 Å². The molecule has 110 valence electrons. The highest BCUT2D eigenvalue weighted by atomic mass is 19.1. The second-order valence-electron chi connectivity index (χ2n) is 4.65. The molecule has 0 unspecified atom stereocenters. The number of carbonyl (C=O) groups excluding carboxylic acids is 1. The molecule has 0 spiro atoms. The second-order valence-corrected chi connectivity index (χ2v) is 4.65. The predicted octanol–water partition coefficient (Wildman–Crippen LogP) is 3.01. The van der Waals surface area contributed by atoms with Gasteiger partial charge in [0.05, 0.1) is 0 Å². The number of hydrogen-bond acceptors (Lipinski definition) is 4. The molecule has 0 fully saturated rings. The van der Waals surface area contributed by atoms with E-state index in [0.717, 1.165) is 0 Å². The Labute approximate surface area is 124 Å². The van der Waals surface area contributed by atoms with Gasteiger partial charge in [0.15, 0.2) is 11.3 Å². The zero-order chi connectivity index (χ0) is 15.7. The third-order valence-electron chi connectivity index (χ3n) is 3.10. The highest BCUT2D eigenvalue weighted by Crippen LogP contribution is 2.23. The lowest BCUT2D eigenvalue weighted by Gasteiger charge is -2.06. The van der Waals surface area contributed by atoms with Gasteiger partial charge in [-0.25, -0.2) is 4.39 Å². The number of hydrogen-bond donors (Lipinski definition) is 3. The van der Waals surface area contributed by atoms with Crippen molar-refractivity contribution in [2.75, 3.05) is 5.32 Å². The quantitative estimate of drug-likeness (QED) is 0.679. The van der Waals surface area contributed by atoms with Gasteiger partial charge in [-0.15, -0.1) is 0 Å². The lowest BCUT2D eigenvalue weighted by molar-refractivity contribution is 0.102. The maximum Gasteiger partial charge on any atom is 0.261 e. The van der Waals surface area contributed by atoms with Crippen molar-refractivity contribution >= 4 is 22.6 Å². The van der Waals surface area contributed by atoms with Crippen LogP contribution in [0.2, 0.25) is 0 Å². The number of para-hydroxylation sites is 1. The van der Waals surface area contributed by atoms with E-state index < -0.39 is 11.7 Å². The van der Waals surface area contributed by atoms with Gasteiger partial charge >= 0.3 is 0 Å². The third-order valence-corrected chi connectivity index (χ3v) is 3.10. The zero-order valence-corrected chi connectivity index (χ0v) is 11.3. The molecular weight excluding hydrogens is 287 g/mol. The van der Waals surface area contributed by atoms with Crippen molar-refractivity contribution in [2.24, 2.45) is 0 Å². The van der Waals surface area contributed by atoms with Gasteiger partial charge in [-0.2, -0.15) is 0 Å². The molecule has 0 atom stereocenters. The second kappa shape index (κ2) is 5.33. The van der Waals surface area contributed by atoms with Crippen LogP contribution < -0.4 is 10.9 Å². The van der Waals surface area contributed by atoms with E-state index in [1.54, 1.807) is 12.1 Å². The third kappa shape index (κ3) is 2.54. The highest BCUT2D eigenvalue weighted by molar-refractivity contribution is 6.05. The molecule has 3 rings (SSSR count). The Morgan fingerprint density at radius 2 is 1.95 bits per heavy atom. The predicted molar refractivity (Wildman–Crippen MR) is 78.1 cm³/mol. The van der Waals surface area contributed by atoms with Crippen molar-refractivity contribution in [3.63, 3.8) is 0 Å². The van der Waals surface area contributed by atoms with E-state index >= 15 is 0 Å². The van der Waals surface area contributed by atoms with Crippen LogP contribution >= 0.6 is 0 Å². The largest absolute Gasteiger partial charge is 0.504 e. The van der Waals surface area contributed by atoms with Crippen LogP contribution in [0.3, 0.4) is 0 Å². The molecule has 0 radical (unpaired) electrons. The van der Waals surface area contributed by atoms with Crippen LogP contribution in [-0.2, 0) is 0 Å². The Morgan fingerprint density at radius 3 is 2.73 bits per heavy atom. The first-order chi connectivity index (χ1) is 10.5. The fourth-order valence-corrected chi connectivity index (χ4v) is 2.08. The number of anilines is 1. The topological polar surface area (TPSA) is 86.3 Å². The van der Waals surface area contributed by atoms with E-state index in [1.165, 1.54) is 36.4 Å². The van der Waals surface area contributed by atoms with Crippen LogP contribution in [0.25, 0.3) is 11.0 Å². The average molecular weight is 298 g/mol. The van der Waals surface area contributed by atoms with Crippen LogP contribution in [0.4, 0.5) is 10.1 Å². The number of benzene rings is 2. The molecule has 5 nitrogen and oxygen atoms in total. The van der Waals surface area contributed by atoms with Crippen LogP contribution in [0.5, 0.6) is 5.75 Å². The molecule has 0 saturated heterocycles. The van der Waals surface area contributed by atoms with E-state index in [0.29, 0.717) is 5.39 Å². The van der Waals surface area contributed by atoms with Crippen molar-refractivity contribution in [1.29, 1.82) is 5.41 Å². The van der Waals surface area contributed by atoms with Crippen molar-refractivity contribution in [1.82, 2.24) is 0 Å². The number of carbonyl (C=O) groups is 1. The zero-order valence-electron chi connectivity index (χ0n) is 11.3. The standard InChI is InChI=1S/C16H11FN2O3/c17-10-4-2-5-11(8-10)19-16(21)12-7-9-3-1-6-13(20)14(9)22-15(12)18/h1-8,18,20H,(H,19,21). The van der Waals surface area contributed by atoms with Gasteiger partial charge in [0, 0.05) is 11.1 Å². The van der Waals surface area contributed by atoms with Gasteiger partial charge in [0.25, 0.3) is 5.91 Å². The van der Waals surface area contributed by atoms with E-state index in [2.05, 4.69) is 5.32 Å². The van der Waals surface area contributed by atoms with Crippen molar-refractivity contribution in [3.8, 4) is 5.75 Å². The minimum absolute atomic E-state index is 0.0117. The number of phenolic OH excluding ortho intramolecular Hbond substituents is 1. The minimum atomic E-state index is -0.593. The molecule has 1 heterocycles. The first-order valence-corrected chi connectivity index (χ1v) is 6.42. The number of halogens is 1. The van der Waals surface area contributed by atoms with Crippen LogP contribution in [0.1, 0.15) is 10.4 Å². The molecule has 0 aliphatic carbocycles. The summed E-state index contributed by atoms with van der Waals surface area (Å²) in [6.07, 6.45) is 0. The summed E-state index contributed by atoms with van der Waals surface area (Å²) in [7, 11) is 0. The molecule has 3 N–H and O–H groups in total. The van der Waals surface area contributed by atoms with Gasteiger partial charge in [0.2, 0.25) is 5.55 Å². The Balaban J connectivity index is 2.01. The minimum Gasteiger partial charge on any atom is -0.504 e. The number of aromatic hydroxyl groups is 1. The summed E-state index contributed by atoms with van der Waals surface area (Å²) < 4.78 is 18.3. The lowest BCUT2D eigenvalue weighted by atomic mass is 10.1. The van der Waals surface area contributed by atoms with Gasteiger partial charge in [-0.3, -0.25) is 10.2 Å². The summed E-state index contributed by atoms with van der Waals surface area (Å²) in [6, 6.07) is 11.6. The normalized spacial score (nSPS) is 10.6. The molecule has 0 bridgehead atoms. The molecular formula is C16H11FN2O3. The smallest absolute Gasteiger partial charge is 0.261 e. The first kappa shape index (κ1) is 13.8. The van der Waals surface area contributed by atoms with Gasteiger partial charge in [-0.1, -0.05) is 18.2 Å². The SMILES string of the molecule is N=c1oc2c(O)cccc2cc1C(=O)Nc1cccc(F)c1. The number of nitrogens with one attached hydrogen (secondary N) is 2. The highest BCUT2D eigenvalue weighted by Gasteiger charge is 2.13. The van der Waals surface area contributed by atoms with Gasteiger partial charge in [0.1, 0.15) is 11.4 Å². The molecule has 22 heavy (non-hydrogen) atoms. The molecule has 1 amide bonds. The molecule has 1 aromatic heterocycles.